The predicted molar refractivity (Wildman–Crippen MR) is 108 cm³/mol. The molecule has 0 N–H and O–H groups in total. The van der Waals surface area contributed by atoms with Crippen LogP contribution in [-0.2, 0) is 16.4 Å². The standard InChI is InChI=1S/C19H20N4O4S2/c1-29(25,26)16-4-2-14(3-5-16)19(24)23-9-7-22(8-10-23)12-17-20-18(21-27-17)15-6-11-28-13-15/h2-6,11,13H,7-10,12H2,1H3. The average Bonchev–Trinajstić information content (AvgIpc) is 3.39. The Morgan fingerprint density at radius 1 is 1.14 bits per heavy atom. The van der Waals surface area contributed by atoms with Crippen molar-refractivity contribution in [1.82, 2.24) is 19.9 Å². The van der Waals surface area contributed by atoms with Gasteiger partial charge in [0.25, 0.3) is 5.91 Å². The van der Waals surface area contributed by atoms with Crippen LogP contribution < -0.4 is 0 Å². The Labute approximate surface area is 172 Å². The van der Waals surface area contributed by atoms with E-state index in [0.29, 0.717) is 50.0 Å². The molecule has 0 bridgehead atoms. The minimum atomic E-state index is -3.27. The van der Waals surface area contributed by atoms with Crippen molar-refractivity contribution in [2.45, 2.75) is 11.4 Å². The maximum Gasteiger partial charge on any atom is 0.253 e. The van der Waals surface area contributed by atoms with Crippen LogP contribution in [0.3, 0.4) is 0 Å². The summed E-state index contributed by atoms with van der Waals surface area (Å²) in [4.78, 5) is 21.3. The Morgan fingerprint density at radius 2 is 1.86 bits per heavy atom. The van der Waals surface area contributed by atoms with E-state index in [1.165, 1.54) is 12.1 Å². The van der Waals surface area contributed by atoms with Crippen molar-refractivity contribution in [3.63, 3.8) is 0 Å². The molecule has 0 spiro atoms. The van der Waals surface area contributed by atoms with E-state index in [9.17, 15) is 13.2 Å². The molecule has 0 unspecified atom stereocenters. The average molecular weight is 433 g/mol. The number of thiophene rings is 1. The van der Waals surface area contributed by atoms with Crippen molar-refractivity contribution in [3.8, 4) is 11.4 Å². The number of hydrogen-bond donors (Lipinski definition) is 0. The van der Waals surface area contributed by atoms with E-state index < -0.39 is 9.84 Å². The molecule has 1 aliphatic rings. The Kier molecular flexibility index (Phi) is 5.48. The Balaban J connectivity index is 1.33. The van der Waals surface area contributed by atoms with E-state index in [1.54, 1.807) is 28.4 Å². The molecule has 1 fully saturated rings. The molecule has 1 saturated heterocycles. The second-order valence-electron chi connectivity index (χ2n) is 6.89. The molecule has 3 heterocycles. The van der Waals surface area contributed by atoms with Gasteiger partial charge in [-0.1, -0.05) is 5.16 Å². The summed E-state index contributed by atoms with van der Waals surface area (Å²) >= 11 is 1.58. The van der Waals surface area contributed by atoms with Crippen molar-refractivity contribution in [1.29, 1.82) is 0 Å². The number of rotatable bonds is 5. The van der Waals surface area contributed by atoms with Crippen molar-refractivity contribution in [3.05, 3.63) is 52.5 Å². The number of piperazine rings is 1. The van der Waals surface area contributed by atoms with Crippen LogP contribution in [0.2, 0.25) is 0 Å². The molecule has 4 rings (SSSR count). The van der Waals surface area contributed by atoms with Crippen molar-refractivity contribution >= 4 is 27.1 Å². The van der Waals surface area contributed by atoms with Gasteiger partial charge in [-0.05, 0) is 35.7 Å². The molecule has 1 amide bonds. The molecule has 10 heteroatoms. The lowest BCUT2D eigenvalue weighted by Crippen LogP contribution is -2.48. The summed E-state index contributed by atoms with van der Waals surface area (Å²) in [5.74, 6) is 1.05. The molecule has 3 aromatic rings. The topological polar surface area (TPSA) is 96.6 Å². The van der Waals surface area contributed by atoms with E-state index in [0.717, 1.165) is 11.8 Å². The van der Waals surface area contributed by atoms with Gasteiger partial charge in [0.2, 0.25) is 11.7 Å². The van der Waals surface area contributed by atoms with Gasteiger partial charge in [-0.3, -0.25) is 9.69 Å². The minimum Gasteiger partial charge on any atom is -0.338 e. The van der Waals surface area contributed by atoms with Gasteiger partial charge in [-0.2, -0.15) is 16.3 Å². The number of carbonyl (C=O) groups excluding carboxylic acids is 1. The molecule has 152 valence electrons. The number of benzene rings is 1. The summed E-state index contributed by atoms with van der Waals surface area (Å²) in [6.07, 6.45) is 1.15. The summed E-state index contributed by atoms with van der Waals surface area (Å²) in [5, 5.41) is 7.96. The molecular formula is C19H20N4O4S2. The van der Waals surface area contributed by atoms with Crippen LogP contribution in [0.1, 0.15) is 16.2 Å². The Bertz CT molecular complexity index is 1080. The van der Waals surface area contributed by atoms with E-state index in [2.05, 4.69) is 15.0 Å². The molecule has 29 heavy (non-hydrogen) atoms. The van der Waals surface area contributed by atoms with Gasteiger partial charge in [0.05, 0.1) is 11.4 Å². The fourth-order valence-corrected chi connectivity index (χ4v) is 4.42. The van der Waals surface area contributed by atoms with Gasteiger partial charge < -0.3 is 9.42 Å². The number of carbonyl (C=O) groups is 1. The summed E-state index contributed by atoms with van der Waals surface area (Å²) < 4.78 is 28.5. The quantitative estimate of drug-likeness (QED) is 0.609. The molecule has 2 aromatic heterocycles. The smallest absolute Gasteiger partial charge is 0.253 e. The first-order chi connectivity index (χ1) is 13.9. The van der Waals surface area contributed by atoms with Gasteiger partial charge >= 0.3 is 0 Å². The fourth-order valence-electron chi connectivity index (χ4n) is 3.16. The molecule has 1 aromatic carbocycles. The van der Waals surface area contributed by atoms with E-state index in [1.807, 2.05) is 16.8 Å². The van der Waals surface area contributed by atoms with Crippen LogP contribution in [-0.4, -0.2) is 66.7 Å². The molecule has 0 atom stereocenters. The molecule has 1 aliphatic heterocycles. The first-order valence-corrected chi connectivity index (χ1v) is 11.9. The second kappa shape index (κ2) is 8.05. The SMILES string of the molecule is CS(=O)(=O)c1ccc(C(=O)N2CCN(Cc3nc(-c4ccsc4)no3)CC2)cc1. The third kappa shape index (κ3) is 4.55. The van der Waals surface area contributed by atoms with Crippen LogP contribution in [0.25, 0.3) is 11.4 Å². The van der Waals surface area contributed by atoms with Crippen LogP contribution in [0.5, 0.6) is 0 Å². The van der Waals surface area contributed by atoms with Crippen LogP contribution in [0.15, 0.2) is 50.5 Å². The predicted octanol–water partition coefficient (Wildman–Crippen LogP) is 2.16. The molecular weight excluding hydrogens is 412 g/mol. The van der Waals surface area contributed by atoms with Crippen LogP contribution in [0.4, 0.5) is 0 Å². The zero-order valence-electron chi connectivity index (χ0n) is 15.8. The lowest BCUT2D eigenvalue weighted by molar-refractivity contribution is 0.0615. The van der Waals surface area contributed by atoms with E-state index in [-0.39, 0.29) is 10.8 Å². The van der Waals surface area contributed by atoms with Gasteiger partial charge in [-0.15, -0.1) is 0 Å². The second-order valence-corrected chi connectivity index (χ2v) is 9.68. The van der Waals surface area contributed by atoms with Gasteiger partial charge in [-0.25, -0.2) is 8.42 Å². The third-order valence-corrected chi connectivity index (χ3v) is 6.61. The van der Waals surface area contributed by atoms with Crippen LogP contribution >= 0.6 is 11.3 Å². The molecule has 8 nitrogen and oxygen atoms in total. The van der Waals surface area contributed by atoms with Gasteiger partial charge in [0.15, 0.2) is 9.84 Å². The third-order valence-electron chi connectivity index (χ3n) is 4.80. The van der Waals surface area contributed by atoms with Gasteiger partial charge in [0.1, 0.15) is 0 Å². The monoisotopic (exact) mass is 432 g/mol. The lowest BCUT2D eigenvalue weighted by Gasteiger charge is -2.34. The van der Waals surface area contributed by atoms with Crippen molar-refractivity contribution in [2.24, 2.45) is 0 Å². The minimum absolute atomic E-state index is 0.0952. The first kappa shape index (κ1) is 19.7. The number of sulfone groups is 1. The lowest BCUT2D eigenvalue weighted by atomic mass is 10.2. The maximum absolute atomic E-state index is 12.7. The number of aromatic nitrogens is 2. The maximum atomic E-state index is 12.7. The highest BCUT2D eigenvalue weighted by atomic mass is 32.2. The van der Waals surface area contributed by atoms with Crippen molar-refractivity contribution in [2.75, 3.05) is 32.4 Å². The van der Waals surface area contributed by atoms with Crippen molar-refractivity contribution < 1.29 is 17.7 Å². The Hall–Kier alpha value is -2.56. The fraction of sp³-hybridized carbons (Fsp3) is 0.316. The number of amides is 1. The van der Waals surface area contributed by atoms with E-state index in [4.69, 9.17) is 4.52 Å². The largest absolute Gasteiger partial charge is 0.338 e. The Morgan fingerprint density at radius 3 is 2.48 bits per heavy atom. The normalized spacial score (nSPS) is 15.6. The zero-order chi connectivity index (χ0) is 20.4. The highest BCUT2D eigenvalue weighted by molar-refractivity contribution is 7.90. The van der Waals surface area contributed by atoms with Crippen LogP contribution in [0, 0.1) is 0 Å². The van der Waals surface area contributed by atoms with E-state index >= 15 is 0 Å². The summed E-state index contributed by atoms with van der Waals surface area (Å²) in [6.45, 7) is 3.10. The number of hydrogen-bond acceptors (Lipinski definition) is 8. The molecule has 0 radical (unpaired) electrons. The zero-order valence-corrected chi connectivity index (χ0v) is 17.4. The highest BCUT2D eigenvalue weighted by Gasteiger charge is 2.24. The first-order valence-electron chi connectivity index (χ1n) is 9.07. The summed E-state index contributed by atoms with van der Waals surface area (Å²) in [7, 11) is -3.27. The highest BCUT2D eigenvalue weighted by Crippen LogP contribution is 2.19. The summed E-state index contributed by atoms with van der Waals surface area (Å²) in [6, 6.07) is 8.02. The molecule has 0 saturated carbocycles. The van der Waals surface area contributed by atoms with Gasteiger partial charge in [0, 0.05) is 48.9 Å². The summed E-state index contributed by atoms with van der Waals surface area (Å²) in [5.41, 5.74) is 1.44. The number of nitrogens with zero attached hydrogens (tertiary/aromatic N) is 4. The molecule has 0 aliphatic carbocycles.